The molecule has 0 unspecified atom stereocenters. The van der Waals surface area contributed by atoms with E-state index >= 15 is 0 Å². The highest BCUT2D eigenvalue weighted by molar-refractivity contribution is 6.95. The van der Waals surface area contributed by atoms with Crippen molar-refractivity contribution in [2.45, 2.75) is 20.8 Å². The van der Waals surface area contributed by atoms with Gasteiger partial charge >= 0.3 is 0 Å². The van der Waals surface area contributed by atoms with Crippen LogP contribution in [0.1, 0.15) is 16.7 Å². The Kier molecular flexibility index (Phi) is 11.2. The van der Waals surface area contributed by atoms with Gasteiger partial charge in [-0.3, -0.25) is 13.7 Å². The van der Waals surface area contributed by atoms with Gasteiger partial charge in [0.1, 0.15) is 17.5 Å². The van der Waals surface area contributed by atoms with Crippen LogP contribution in [0.3, 0.4) is 0 Å². The van der Waals surface area contributed by atoms with E-state index in [2.05, 4.69) is 306 Å². The number of fused-ring (bicyclic) bond motifs is 13. The molecule has 17 rings (SSSR count). The lowest BCUT2D eigenvalue weighted by atomic mass is 9.38. The molecule has 7 aromatic heterocycles. The number of hydrogen-bond donors (Lipinski definition) is 0. The van der Waals surface area contributed by atoms with Gasteiger partial charge in [-0.1, -0.05) is 198 Å². The molecule has 404 valence electrons. The fourth-order valence-electron chi connectivity index (χ4n) is 14.3. The van der Waals surface area contributed by atoms with Crippen LogP contribution in [0.2, 0.25) is 0 Å². The minimum absolute atomic E-state index is 0.308. The summed E-state index contributed by atoms with van der Waals surface area (Å²) < 4.78 is 9.49. The second kappa shape index (κ2) is 19.5. The molecule has 0 spiro atoms. The molecule has 0 aliphatic rings. The van der Waals surface area contributed by atoms with Gasteiger partial charge in [-0.05, 0) is 129 Å². The predicted octanol–water partition coefficient (Wildman–Crippen LogP) is 17.0. The van der Waals surface area contributed by atoms with Crippen molar-refractivity contribution in [2.75, 3.05) is 0 Å². The Morgan fingerprint density at radius 2 is 0.698 bits per heavy atom. The van der Waals surface area contributed by atoms with Gasteiger partial charge < -0.3 is 4.57 Å². The second-order valence-electron chi connectivity index (χ2n) is 22.9. The molecule has 0 fully saturated rings. The number of aromatic nitrogens is 7. The van der Waals surface area contributed by atoms with Crippen molar-refractivity contribution in [3.63, 3.8) is 0 Å². The van der Waals surface area contributed by atoms with Crippen LogP contribution < -0.4 is 16.6 Å². The highest BCUT2D eigenvalue weighted by atomic mass is 15.1. The van der Waals surface area contributed by atoms with Crippen LogP contribution in [0.5, 0.6) is 0 Å². The summed E-state index contributed by atoms with van der Waals surface area (Å²) in [5, 5.41) is 9.43. The zero-order valence-electron chi connectivity index (χ0n) is 47.7. The van der Waals surface area contributed by atoms with Gasteiger partial charge in [-0.15, -0.1) is 0 Å². The molecule has 0 saturated heterocycles. The molecule has 0 aliphatic carbocycles. The Balaban J connectivity index is 0.844. The molecule has 0 atom stereocenters. The molecular weight excluding hydrogens is 1050 g/mol. The number of pyridine rings is 3. The van der Waals surface area contributed by atoms with Crippen LogP contribution in [-0.2, 0) is 0 Å². The summed E-state index contributed by atoms with van der Waals surface area (Å²) in [4.78, 5) is 16.9. The molecule has 7 heterocycles. The maximum Gasteiger partial charge on any atom is 0.289 e. The summed E-state index contributed by atoms with van der Waals surface area (Å²) in [6.07, 6.45) is 0. The molecular formula is C78H54BN7. The first-order chi connectivity index (χ1) is 42.4. The van der Waals surface area contributed by atoms with Gasteiger partial charge in [-0.25, -0.2) is 15.0 Å². The monoisotopic (exact) mass is 1100 g/mol. The fourth-order valence-corrected chi connectivity index (χ4v) is 14.3. The van der Waals surface area contributed by atoms with Gasteiger partial charge in [0, 0.05) is 65.5 Å². The molecule has 0 aliphatic heterocycles. The highest BCUT2D eigenvalue weighted by Crippen LogP contribution is 2.43. The average molecular weight is 1100 g/mol. The van der Waals surface area contributed by atoms with E-state index in [0.29, 0.717) is 0 Å². The van der Waals surface area contributed by atoms with E-state index in [1.165, 1.54) is 71.0 Å². The molecule has 8 heteroatoms. The Bertz CT molecular complexity index is 5430. The summed E-state index contributed by atoms with van der Waals surface area (Å²) in [5.41, 5.74) is 21.1. The van der Waals surface area contributed by atoms with Crippen LogP contribution in [-0.4, -0.2) is 39.9 Å². The van der Waals surface area contributed by atoms with Crippen molar-refractivity contribution in [3.8, 4) is 45.5 Å². The van der Waals surface area contributed by atoms with Crippen molar-refractivity contribution in [1.29, 1.82) is 0 Å². The summed E-state index contributed by atoms with van der Waals surface area (Å²) in [5.74, 6) is 2.57. The van der Waals surface area contributed by atoms with Crippen LogP contribution in [0, 0.1) is 20.8 Å². The van der Waals surface area contributed by atoms with E-state index in [1.807, 2.05) is 6.07 Å². The van der Waals surface area contributed by atoms with Crippen LogP contribution in [0.25, 0.3) is 133 Å². The normalized spacial score (nSPS) is 11.9. The second-order valence-corrected chi connectivity index (χ2v) is 22.9. The third-order valence-corrected chi connectivity index (χ3v) is 17.8. The highest BCUT2D eigenvalue weighted by Gasteiger charge is 2.31. The molecule has 0 N–H and O–H groups in total. The van der Waals surface area contributed by atoms with Crippen molar-refractivity contribution in [3.05, 3.63) is 290 Å². The summed E-state index contributed by atoms with van der Waals surface area (Å²) in [6.45, 7) is 6.36. The van der Waals surface area contributed by atoms with Crippen molar-refractivity contribution >= 4 is 111 Å². The van der Waals surface area contributed by atoms with Crippen LogP contribution in [0.15, 0.2) is 273 Å². The molecule has 0 saturated carbocycles. The molecule has 7 nitrogen and oxygen atoms in total. The molecule has 10 aromatic carbocycles. The van der Waals surface area contributed by atoms with Crippen molar-refractivity contribution < 1.29 is 0 Å². The number of aryl methyl sites for hydroxylation is 3. The standard InChI is InChI=1S/C78H54BN7/c1-49-44-50(2)78(51(3)45-49)79(71-37-20-40-74(81-71)85-66-36-17-13-31-59(66)77-68(85)43-42-67-76(77)58-30-12-16-35-65(58)84(67)73-39-19-32-62(80-73)53-24-8-5-9-25-53)72-38-21-41-75(82-72)86-64-34-15-11-29-57(64)61-47-69-60(48-70(61)86)56-28-10-14-33-63(56)83(69)55-27-18-26-54(46-55)52-22-6-4-7-23-52/h4-48H,1-3H3. The number of nitrogens with zero attached hydrogens (tertiary/aromatic N) is 7. The van der Waals surface area contributed by atoms with E-state index in [1.54, 1.807) is 0 Å². The Morgan fingerprint density at radius 3 is 1.26 bits per heavy atom. The number of benzene rings is 10. The largest absolute Gasteiger partial charge is 0.309 e. The van der Waals surface area contributed by atoms with E-state index in [9.17, 15) is 0 Å². The topological polar surface area (TPSA) is 58.4 Å². The van der Waals surface area contributed by atoms with E-state index in [4.69, 9.17) is 15.0 Å². The van der Waals surface area contributed by atoms with Crippen molar-refractivity contribution in [1.82, 2.24) is 33.2 Å². The summed E-state index contributed by atoms with van der Waals surface area (Å²) in [6, 6.07) is 98.5. The smallest absolute Gasteiger partial charge is 0.289 e. The predicted molar refractivity (Wildman–Crippen MR) is 360 cm³/mol. The molecule has 0 amide bonds. The average Bonchev–Trinajstić information content (AvgIpc) is 1.60. The molecule has 17 aromatic rings. The van der Waals surface area contributed by atoms with E-state index < -0.39 is 0 Å². The number of para-hydroxylation sites is 4. The molecule has 0 radical (unpaired) electrons. The zero-order chi connectivity index (χ0) is 57.1. The van der Waals surface area contributed by atoms with E-state index in [-0.39, 0.29) is 6.71 Å². The number of rotatable bonds is 9. The maximum absolute atomic E-state index is 5.82. The Hall–Kier alpha value is -11.1. The lowest BCUT2D eigenvalue weighted by Gasteiger charge is -2.21. The SMILES string of the molecule is Cc1cc(C)c(B(c2cccc(-n3c4ccccc4c4cc5c(cc43)c3ccccc3n5-c3cccc(-c4ccccc4)c3)n2)c2cccc(-n3c4ccccc4c4c5c6ccccc6n(-c6cccc(-c7ccccc7)n6)c5ccc43)n2)c(C)c1. The van der Waals surface area contributed by atoms with Gasteiger partial charge in [0.05, 0.1) is 49.8 Å². The van der Waals surface area contributed by atoms with Gasteiger partial charge in [0.25, 0.3) is 6.71 Å². The van der Waals surface area contributed by atoms with Gasteiger partial charge in [-0.2, -0.15) is 0 Å². The van der Waals surface area contributed by atoms with Crippen LogP contribution in [0.4, 0.5) is 0 Å². The minimum Gasteiger partial charge on any atom is -0.309 e. The number of hydrogen-bond acceptors (Lipinski definition) is 3. The minimum atomic E-state index is -0.308. The third kappa shape index (κ3) is 7.66. The fraction of sp³-hybridized carbons (Fsp3) is 0.0385. The van der Waals surface area contributed by atoms with Gasteiger partial charge in [0.2, 0.25) is 0 Å². The Morgan fingerprint density at radius 1 is 0.279 bits per heavy atom. The lowest BCUT2D eigenvalue weighted by molar-refractivity contribution is 1.08. The quantitative estimate of drug-likeness (QED) is 0.135. The first-order valence-electron chi connectivity index (χ1n) is 29.5. The molecule has 0 bridgehead atoms. The summed E-state index contributed by atoms with van der Waals surface area (Å²) in [7, 11) is 0. The first kappa shape index (κ1) is 49.5. The zero-order valence-corrected chi connectivity index (χ0v) is 47.7. The van der Waals surface area contributed by atoms with E-state index in [0.717, 1.165) is 95.1 Å². The molecule has 86 heavy (non-hydrogen) atoms. The first-order valence-corrected chi connectivity index (χ1v) is 29.5. The van der Waals surface area contributed by atoms with Crippen LogP contribution >= 0.6 is 0 Å². The van der Waals surface area contributed by atoms with Crippen molar-refractivity contribution in [2.24, 2.45) is 0 Å². The maximum atomic E-state index is 5.82. The van der Waals surface area contributed by atoms with Gasteiger partial charge in [0.15, 0.2) is 0 Å². The lowest BCUT2D eigenvalue weighted by Crippen LogP contribution is -2.56. The third-order valence-electron chi connectivity index (χ3n) is 17.8. The summed E-state index contributed by atoms with van der Waals surface area (Å²) >= 11 is 0. The Labute approximate surface area is 497 Å².